The van der Waals surface area contributed by atoms with Crippen molar-refractivity contribution >= 4 is 17.6 Å². The highest BCUT2D eigenvalue weighted by molar-refractivity contribution is 5.92. The van der Waals surface area contributed by atoms with Gasteiger partial charge in [-0.15, -0.1) is 0 Å². The predicted octanol–water partition coefficient (Wildman–Crippen LogP) is 3.64. The lowest BCUT2D eigenvalue weighted by molar-refractivity contribution is -0.133. The van der Waals surface area contributed by atoms with Crippen molar-refractivity contribution in [1.29, 1.82) is 0 Å². The van der Waals surface area contributed by atoms with Crippen molar-refractivity contribution in [2.24, 2.45) is 7.05 Å². The van der Waals surface area contributed by atoms with E-state index in [-0.39, 0.29) is 24.5 Å². The van der Waals surface area contributed by atoms with Crippen molar-refractivity contribution in [3.05, 3.63) is 53.9 Å². The SMILES string of the molecule is CCC(C)N(CC(=O)N(CCOC)Cc1cccn1C)C(=O)Nc1cccc(C)c1. The Morgan fingerprint density at radius 3 is 2.60 bits per heavy atom. The van der Waals surface area contributed by atoms with Gasteiger partial charge in [0.2, 0.25) is 5.91 Å². The molecule has 2 rings (SSSR count). The number of rotatable bonds is 10. The molecule has 1 aromatic carbocycles. The molecule has 0 aliphatic heterocycles. The van der Waals surface area contributed by atoms with Gasteiger partial charge in [0, 0.05) is 44.3 Å². The summed E-state index contributed by atoms with van der Waals surface area (Å²) < 4.78 is 7.18. The van der Waals surface area contributed by atoms with Crippen LogP contribution in [0.5, 0.6) is 0 Å². The minimum Gasteiger partial charge on any atom is -0.383 e. The van der Waals surface area contributed by atoms with Crippen molar-refractivity contribution < 1.29 is 14.3 Å². The number of nitrogens with one attached hydrogen (secondary N) is 1. The fourth-order valence-electron chi connectivity index (χ4n) is 3.16. The molecule has 1 heterocycles. The summed E-state index contributed by atoms with van der Waals surface area (Å²) in [5.74, 6) is -0.104. The van der Waals surface area contributed by atoms with Crippen LogP contribution in [0.2, 0.25) is 0 Å². The third kappa shape index (κ3) is 6.62. The minimum absolute atomic E-state index is 0.0147. The second-order valence-corrected chi connectivity index (χ2v) is 7.60. The van der Waals surface area contributed by atoms with E-state index in [2.05, 4.69) is 5.32 Å². The summed E-state index contributed by atoms with van der Waals surface area (Å²) >= 11 is 0. The third-order valence-electron chi connectivity index (χ3n) is 5.28. The third-order valence-corrected chi connectivity index (χ3v) is 5.28. The van der Waals surface area contributed by atoms with E-state index in [1.165, 1.54) is 0 Å². The zero-order valence-electron chi connectivity index (χ0n) is 18.7. The summed E-state index contributed by atoms with van der Waals surface area (Å²) in [7, 11) is 3.57. The molecule has 2 aromatic rings. The zero-order chi connectivity index (χ0) is 22.1. The average Bonchev–Trinajstić information content (AvgIpc) is 3.12. The molecule has 0 aliphatic rings. The molecule has 7 heteroatoms. The Morgan fingerprint density at radius 2 is 2.00 bits per heavy atom. The van der Waals surface area contributed by atoms with Gasteiger partial charge < -0.3 is 24.4 Å². The first-order valence-corrected chi connectivity index (χ1v) is 10.4. The largest absolute Gasteiger partial charge is 0.383 e. The van der Waals surface area contributed by atoms with E-state index >= 15 is 0 Å². The van der Waals surface area contributed by atoms with Crippen LogP contribution in [-0.2, 0) is 23.1 Å². The summed E-state index contributed by atoms with van der Waals surface area (Å²) in [6.45, 7) is 7.33. The van der Waals surface area contributed by atoms with Gasteiger partial charge in [0.15, 0.2) is 0 Å². The van der Waals surface area contributed by atoms with Gasteiger partial charge in [0.1, 0.15) is 6.54 Å². The summed E-state index contributed by atoms with van der Waals surface area (Å²) in [6.07, 6.45) is 2.71. The first-order chi connectivity index (χ1) is 14.3. The van der Waals surface area contributed by atoms with Crippen molar-refractivity contribution in [2.75, 3.05) is 32.1 Å². The Kier molecular flexibility index (Phi) is 8.92. The lowest BCUT2D eigenvalue weighted by Crippen LogP contribution is -2.48. The van der Waals surface area contributed by atoms with Crippen LogP contribution in [-0.4, -0.2) is 59.2 Å². The standard InChI is InChI=1S/C23H34N4O3/c1-6-19(3)27(23(29)24-20-10-7-9-18(2)15-20)17-22(28)26(13-14-30-5)16-21-11-8-12-25(21)4/h7-12,15,19H,6,13-14,16-17H2,1-5H3,(H,24,29). The summed E-state index contributed by atoms with van der Waals surface area (Å²) in [5.41, 5.74) is 2.81. The van der Waals surface area contributed by atoms with Gasteiger partial charge in [-0.25, -0.2) is 4.79 Å². The fraction of sp³-hybridized carbons (Fsp3) is 0.478. The fourth-order valence-corrected chi connectivity index (χ4v) is 3.16. The Hall–Kier alpha value is -2.80. The molecule has 0 saturated carbocycles. The number of benzene rings is 1. The van der Waals surface area contributed by atoms with Gasteiger partial charge in [0.25, 0.3) is 0 Å². The number of aryl methyl sites for hydroxylation is 2. The molecule has 1 N–H and O–H groups in total. The van der Waals surface area contributed by atoms with Crippen molar-refractivity contribution in [3.8, 4) is 0 Å². The molecule has 0 aliphatic carbocycles. The molecule has 0 fully saturated rings. The van der Waals surface area contributed by atoms with Crippen LogP contribution in [0.1, 0.15) is 31.5 Å². The van der Waals surface area contributed by atoms with Gasteiger partial charge in [-0.2, -0.15) is 0 Å². The molecule has 30 heavy (non-hydrogen) atoms. The number of aromatic nitrogens is 1. The van der Waals surface area contributed by atoms with E-state index in [1.54, 1.807) is 16.9 Å². The van der Waals surface area contributed by atoms with E-state index in [1.807, 2.05) is 75.0 Å². The van der Waals surface area contributed by atoms with Crippen LogP contribution in [0.15, 0.2) is 42.6 Å². The van der Waals surface area contributed by atoms with Crippen molar-refractivity contribution in [3.63, 3.8) is 0 Å². The van der Waals surface area contributed by atoms with Crippen molar-refractivity contribution in [1.82, 2.24) is 14.4 Å². The quantitative estimate of drug-likeness (QED) is 0.645. The van der Waals surface area contributed by atoms with E-state index in [0.29, 0.717) is 19.7 Å². The molecular weight excluding hydrogens is 380 g/mol. The van der Waals surface area contributed by atoms with E-state index in [9.17, 15) is 9.59 Å². The lowest BCUT2D eigenvalue weighted by atomic mass is 10.2. The summed E-state index contributed by atoms with van der Waals surface area (Å²) in [6, 6.07) is 11.2. The maximum Gasteiger partial charge on any atom is 0.322 e. The van der Waals surface area contributed by atoms with Gasteiger partial charge in [-0.05, 0) is 50.1 Å². The van der Waals surface area contributed by atoms with Gasteiger partial charge in [-0.1, -0.05) is 19.1 Å². The topological polar surface area (TPSA) is 66.8 Å². The number of carbonyl (C=O) groups excluding carboxylic acids is 2. The highest BCUT2D eigenvalue weighted by Gasteiger charge is 2.25. The van der Waals surface area contributed by atoms with Crippen LogP contribution in [0.3, 0.4) is 0 Å². The summed E-state index contributed by atoms with van der Waals surface area (Å²) in [4.78, 5) is 29.5. The highest BCUT2D eigenvalue weighted by Crippen LogP contribution is 2.14. The second-order valence-electron chi connectivity index (χ2n) is 7.60. The lowest BCUT2D eigenvalue weighted by Gasteiger charge is -2.31. The molecule has 0 spiro atoms. The van der Waals surface area contributed by atoms with Crippen LogP contribution in [0.4, 0.5) is 10.5 Å². The van der Waals surface area contributed by atoms with Crippen molar-refractivity contribution in [2.45, 2.75) is 39.8 Å². The number of anilines is 1. The molecule has 0 radical (unpaired) electrons. The number of carbonyl (C=O) groups is 2. The number of hydrogen-bond donors (Lipinski definition) is 1. The Bertz CT molecular complexity index is 833. The number of hydrogen-bond acceptors (Lipinski definition) is 3. The Labute approximate surface area is 179 Å². The Morgan fingerprint density at radius 1 is 1.23 bits per heavy atom. The van der Waals surface area contributed by atoms with Crippen LogP contribution < -0.4 is 5.32 Å². The van der Waals surface area contributed by atoms with E-state index in [4.69, 9.17) is 4.74 Å². The van der Waals surface area contributed by atoms with Gasteiger partial charge in [-0.3, -0.25) is 4.79 Å². The molecular formula is C23H34N4O3. The second kappa shape index (κ2) is 11.4. The molecule has 0 saturated heterocycles. The maximum atomic E-state index is 13.2. The molecule has 1 aromatic heterocycles. The number of nitrogens with zero attached hydrogens (tertiary/aromatic N) is 3. The number of urea groups is 1. The number of methoxy groups -OCH3 is 1. The average molecular weight is 415 g/mol. The molecule has 1 atom stereocenters. The van der Waals surface area contributed by atoms with E-state index < -0.39 is 0 Å². The molecule has 0 bridgehead atoms. The minimum atomic E-state index is -0.270. The van der Waals surface area contributed by atoms with Gasteiger partial charge >= 0.3 is 6.03 Å². The summed E-state index contributed by atoms with van der Waals surface area (Å²) in [5, 5.41) is 2.93. The number of ether oxygens (including phenoxy) is 1. The number of amides is 3. The molecule has 3 amide bonds. The molecule has 164 valence electrons. The first-order valence-electron chi connectivity index (χ1n) is 10.4. The van der Waals surface area contributed by atoms with Crippen LogP contribution in [0.25, 0.3) is 0 Å². The van der Waals surface area contributed by atoms with Crippen LogP contribution in [0, 0.1) is 6.92 Å². The normalized spacial score (nSPS) is 11.8. The first kappa shape index (κ1) is 23.5. The van der Waals surface area contributed by atoms with Crippen LogP contribution >= 0.6 is 0 Å². The Balaban J connectivity index is 2.14. The maximum absolute atomic E-state index is 13.2. The highest BCUT2D eigenvalue weighted by atomic mass is 16.5. The molecule has 7 nitrogen and oxygen atoms in total. The monoisotopic (exact) mass is 414 g/mol. The van der Waals surface area contributed by atoms with E-state index in [0.717, 1.165) is 23.4 Å². The zero-order valence-corrected chi connectivity index (χ0v) is 18.7. The predicted molar refractivity (Wildman–Crippen MR) is 119 cm³/mol. The molecule has 1 unspecified atom stereocenters. The van der Waals surface area contributed by atoms with Gasteiger partial charge in [0.05, 0.1) is 13.2 Å². The smallest absolute Gasteiger partial charge is 0.322 e.